The van der Waals surface area contributed by atoms with Crippen LogP contribution in [0.25, 0.3) is 11.0 Å². The third-order valence-electron chi connectivity index (χ3n) is 6.57. The molecule has 1 aliphatic carbocycles. The average molecular weight is 418 g/mol. The van der Waals surface area contributed by atoms with E-state index >= 15 is 0 Å². The first-order valence-electron chi connectivity index (χ1n) is 11.9. The van der Waals surface area contributed by atoms with Crippen molar-refractivity contribution < 1.29 is 4.79 Å². The number of aryl methyl sites for hydroxylation is 1. The van der Waals surface area contributed by atoms with E-state index in [4.69, 9.17) is 4.98 Å². The Labute approximate surface area is 186 Å². The Morgan fingerprint density at radius 1 is 1.06 bits per heavy atom. The van der Waals surface area contributed by atoms with Gasteiger partial charge in [0, 0.05) is 25.4 Å². The monoisotopic (exact) mass is 417 g/mol. The molecule has 0 atom stereocenters. The Hall–Kier alpha value is -2.62. The Morgan fingerprint density at radius 3 is 2.55 bits per heavy atom. The van der Waals surface area contributed by atoms with Crippen molar-refractivity contribution in [2.75, 3.05) is 6.54 Å². The van der Waals surface area contributed by atoms with Crippen LogP contribution >= 0.6 is 0 Å². The molecule has 0 saturated heterocycles. The number of para-hydroxylation sites is 2. The van der Waals surface area contributed by atoms with Gasteiger partial charge < -0.3 is 9.88 Å². The zero-order chi connectivity index (χ0) is 21.6. The predicted molar refractivity (Wildman–Crippen MR) is 127 cm³/mol. The summed E-state index contributed by atoms with van der Waals surface area (Å²) in [5.41, 5.74) is 4.88. The zero-order valence-corrected chi connectivity index (χ0v) is 18.9. The second-order valence-electron chi connectivity index (χ2n) is 9.23. The third kappa shape index (κ3) is 5.36. The van der Waals surface area contributed by atoms with Gasteiger partial charge in [0.25, 0.3) is 0 Å². The van der Waals surface area contributed by atoms with Crippen LogP contribution in [-0.4, -0.2) is 22.0 Å². The number of nitrogens with one attached hydrogen (secondary N) is 1. The van der Waals surface area contributed by atoms with Crippen LogP contribution in [0.1, 0.15) is 75.2 Å². The molecule has 0 bridgehead atoms. The minimum Gasteiger partial charge on any atom is -0.356 e. The summed E-state index contributed by atoms with van der Waals surface area (Å²) < 4.78 is 2.34. The number of imidazole rings is 1. The fourth-order valence-electron chi connectivity index (χ4n) is 4.65. The lowest BCUT2D eigenvalue weighted by Gasteiger charge is -2.20. The lowest BCUT2D eigenvalue weighted by atomic mass is 9.89. The van der Waals surface area contributed by atoms with Crippen LogP contribution in [0.15, 0.2) is 48.5 Å². The highest BCUT2D eigenvalue weighted by Crippen LogP contribution is 2.24. The van der Waals surface area contributed by atoms with Crippen molar-refractivity contribution in [2.45, 2.75) is 71.3 Å². The van der Waals surface area contributed by atoms with Gasteiger partial charge in [-0.2, -0.15) is 0 Å². The van der Waals surface area contributed by atoms with Crippen molar-refractivity contribution in [3.63, 3.8) is 0 Å². The minimum atomic E-state index is 0.229. The Morgan fingerprint density at radius 2 is 1.81 bits per heavy atom. The first-order valence-corrected chi connectivity index (χ1v) is 11.9. The van der Waals surface area contributed by atoms with Gasteiger partial charge in [-0.25, -0.2) is 4.98 Å². The van der Waals surface area contributed by atoms with Crippen molar-refractivity contribution in [3.05, 3.63) is 65.5 Å². The second-order valence-corrected chi connectivity index (χ2v) is 9.23. The van der Waals surface area contributed by atoms with Crippen LogP contribution in [0.2, 0.25) is 0 Å². The first kappa shape index (κ1) is 21.6. The minimum absolute atomic E-state index is 0.229. The normalized spacial score (nSPS) is 14.9. The van der Waals surface area contributed by atoms with Gasteiger partial charge in [0.2, 0.25) is 5.91 Å². The third-order valence-corrected chi connectivity index (χ3v) is 6.57. The van der Waals surface area contributed by atoms with Crippen molar-refractivity contribution >= 4 is 16.9 Å². The van der Waals surface area contributed by atoms with Gasteiger partial charge in [-0.3, -0.25) is 4.79 Å². The number of carbonyl (C=O) groups excluding carboxylic acids is 1. The number of amides is 1. The topological polar surface area (TPSA) is 46.9 Å². The number of hydrogen-bond donors (Lipinski definition) is 1. The fourth-order valence-corrected chi connectivity index (χ4v) is 4.65. The molecule has 0 unspecified atom stereocenters. The summed E-state index contributed by atoms with van der Waals surface area (Å²) in [6.45, 7) is 6.00. The molecule has 1 heterocycles. The SMILES string of the molecule is CC(C)c1ccc(Cn2c(CCCNC(=O)C3CCCCC3)nc3ccccc32)cc1. The molecule has 1 aliphatic rings. The summed E-state index contributed by atoms with van der Waals surface area (Å²) in [5.74, 6) is 2.12. The summed E-state index contributed by atoms with van der Waals surface area (Å²) in [6.07, 6.45) is 7.55. The number of carbonyl (C=O) groups is 1. The van der Waals surface area contributed by atoms with Crippen LogP contribution in [0.3, 0.4) is 0 Å². The smallest absolute Gasteiger partial charge is 0.223 e. The molecular weight excluding hydrogens is 382 g/mol. The molecular formula is C27H35N3O. The largest absolute Gasteiger partial charge is 0.356 e. The number of rotatable bonds is 8. The van der Waals surface area contributed by atoms with Crippen molar-refractivity contribution in [1.82, 2.24) is 14.9 Å². The summed E-state index contributed by atoms with van der Waals surface area (Å²) in [7, 11) is 0. The second kappa shape index (κ2) is 10.1. The van der Waals surface area contributed by atoms with E-state index in [0.29, 0.717) is 5.92 Å². The van der Waals surface area contributed by atoms with E-state index in [9.17, 15) is 4.79 Å². The van der Waals surface area contributed by atoms with Gasteiger partial charge in [-0.1, -0.05) is 69.5 Å². The van der Waals surface area contributed by atoms with E-state index in [2.05, 4.69) is 66.2 Å². The summed E-state index contributed by atoms with van der Waals surface area (Å²) >= 11 is 0. The van der Waals surface area contributed by atoms with Gasteiger partial charge in [0.05, 0.1) is 11.0 Å². The van der Waals surface area contributed by atoms with Crippen LogP contribution in [-0.2, 0) is 17.8 Å². The van der Waals surface area contributed by atoms with Gasteiger partial charge in [0.1, 0.15) is 5.82 Å². The molecule has 1 fully saturated rings. The maximum absolute atomic E-state index is 12.4. The maximum Gasteiger partial charge on any atom is 0.223 e. The maximum atomic E-state index is 12.4. The van der Waals surface area contributed by atoms with Crippen LogP contribution < -0.4 is 5.32 Å². The zero-order valence-electron chi connectivity index (χ0n) is 18.9. The molecule has 31 heavy (non-hydrogen) atoms. The molecule has 4 rings (SSSR count). The van der Waals surface area contributed by atoms with E-state index in [1.54, 1.807) is 0 Å². The van der Waals surface area contributed by atoms with Gasteiger partial charge in [-0.05, 0) is 48.4 Å². The highest BCUT2D eigenvalue weighted by molar-refractivity contribution is 5.78. The highest BCUT2D eigenvalue weighted by Gasteiger charge is 2.20. The molecule has 4 heteroatoms. The Bertz CT molecular complexity index is 997. The van der Waals surface area contributed by atoms with E-state index < -0.39 is 0 Å². The molecule has 0 spiro atoms. The van der Waals surface area contributed by atoms with E-state index in [-0.39, 0.29) is 11.8 Å². The summed E-state index contributed by atoms with van der Waals surface area (Å²) in [4.78, 5) is 17.3. The first-order chi connectivity index (χ1) is 15.1. The lowest BCUT2D eigenvalue weighted by molar-refractivity contribution is -0.125. The lowest BCUT2D eigenvalue weighted by Crippen LogP contribution is -2.32. The fraction of sp³-hybridized carbons (Fsp3) is 0.481. The molecule has 164 valence electrons. The van der Waals surface area contributed by atoms with Crippen molar-refractivity contribution in [1.29, 1.82) is 0 Å². The standard InChI is InChI=1S/C27H35N3O/c1-20(2)22-16-14-21(15-17-22)19-30-25-12-7-6-11-24(25)29-26(30)13-8-18-28-27(31)23-9-4-3-5-10-23/h6-7,11-12,14-17,20,23H,3-5,8-10,13,18-19H2,1-2H3,(H,28,31). The van der Waals surface area contributed by atoms with E-state index in [1.165, 1.54) is 35.9 Å². The molecule has 1 amide bonds. The molecule has 4 nitrogen and oxygen atoms in total. The molecule has 1 saturated carbocycles. The van der Waals surface area contributed by atoms with Crippen molar-refractivity contribution in [3.8, 4) is 0 Å². The molecule has 0 aliphatic heterocycles. The van der Waals surface area contributed by atoms with E-state index in [0.717, 1.165) is 50.1 Å². The Kier molecular flexibility index (Phi) is 7.06. The predicted octanol–water partition coefficient (Wildman–Crippen LogP) is 5.84. The Balaban J connectivity index is 1.42. The number of benzene rings is 2. The molecule has 1 N–H and O–H groups in total. The molecule has 1 aromatic heterocycles. The van der Waals surface area contributed by atoms with Crippen LogP contribution in [0, 0.1) is 5.92 Å². The van der Waals surface area contributed by atoms with Gasteiger partial charge in [0.15, 0.2) is 0 Å². The quantitative estimate of drug-likeness (QED) is 0.468. The van der Waals surface area contributed by atoms with Gasteiger partial charge >= 0.3 is 0 Å². The molecule has 3 aromatic rings. The highest BCUT2D eigenvalue weighted by atomic mass is 16.1. The number of nitrogens with zero attached hydrogens (tertiary/aromatic N) is 2. The van der Waals surface area contributed by atoms with Crippen molar-refractivity contribution in [2.24, 2.45) is 5.92 Å². The van der Waals surface area contributed by atoms with Crippen LogP contribution in [0.5, 0.6) is 0 Å². The van der Waals surface area contributed by atoms with Crippen LogP contribution in [0.4, 0.5) is 0 Å². The summed E-state index contributed by atoms with van der Waals surface area (Å²) in [6, 6.07) is 17.3. The van der Waals surface area contributed by atoms with Gasteiger partial charge in [-0.15, -0.1) is 0 Å². The number of hydrogen-bond acceptors (Lipinski definition) is 2. The summed E-state index contributed by atoms with van der Waals surface area (Å²) in [5, 5.41) is 3.17. The molecule has 0 radical (unpaired) electrons. The number of fused-ring (bicyclic) bond motifs is 1. The average Bonchev–Trinajstić information content (AvgIpc) is 3.15. The van der Waals surface area contributed by atoms with E-state index in [1.807, 2.05) is 6.07 Å². The number of aromatic nitrogens is 2. The molecule has 2 aromatic carbocycles.